The fraction of sp³-hybridized carbons (Fsp3) is 0.0952. The molecule has 1 N–H and O–H groups in total. The summed E-state index contributed by atoms with van der Waals surface area (Å²) in [6.45, 7) is 0. The lowest BCUT2D eigenvalue weighted by molar-refractivity contribution is 0.356. The molecule has 0 spiro atoms. The highest BCUT2D eigenvalue weighted by atomic mass is 79.9. The highest BCUT2D eigenvalue weighted by molar-refractivity contribution is 9.10. The predicted molar refractivity (Wildman–Crippen MR) is 114 cm³/mol. The van der Waals surface area contributed by atoms with E-state index in [0.717, 1.165) is 25.9 Å². The molecule has 4 aromatic rings. The van der Waals surface area contributed by atoms with Gasteiger partial charge in [-0.25, -0.2) is 0 Å². The van der Waals surface area contributed by atoms with Crippen molar-refractivity contribution in [3.05, 3.63) is 68.7 Å². The Labute approximate surface area is 168 Å². The zero-order valence-electron chi connectivity index (χ0n) is 14.7. The number of rotatable bonds is 4. The number of benzene rings is 2. The topological polar surface area (TPSA) is 51.3 Å². The first-order valence-corrected chi connectivity index (χ1v) is 9.90. The van der Waals surface area contributed by atoms with Crippen molar-refractivity contribution in [3.8, 4) is 33.1 Å². The Bertz CT molecular complexity index is 1200. The van der Waals surface area contributed by atoms with Crippen LogP contribution in [-0.4, -0.2) is 19.2 Å². The molecule has 0 saturated heterocycles. The smallest absolute Gasteiger partial charge is 0.257 e. The van der Waals surface area contributed by atoms with Gasteiger partial charge in [-0.05, 0) is 46.8 Å². The van der Waals surface area contributed by atoms with Crippen molar-refractivity contribution >= 4 is 38.2 Å². The second-order valence-electron chi connectivity index (χ2n) is 6.02. The van der Waals surface area contributed by atoms with Crippen molar-refractivity contribution in [2.24, 2.45) is 0 Å². The van der Waals surface area contributed by atoms with E-state index in [0.29, 0.717) is 22.6 Å². The van der Waals surface area contributed by atoms with Crippen LogP contribution in [0.2, 0.25) is 0 Å². The van der Waals surface area contributed by atoms with Crippen LogP contribution in [0, 0.1) is 0 Å². The molecular formula is C21H16BrNO3S. The first-order chi connectivity index (χ1) is 13.1. The maximum atomic E-state index is 12.7. The second-order valence-corrected chi connectivity index (χ2v) is 7.84. The summed E-state index contributed by atoms with van der Waals surface area (Å²) in [4.78, 5) is 16.5. The summed E-state index contributed by atoms with van der Waals surface area (Å²) in [6, 6.07) is 15.7. The molecule has 6 heteroatoms. The fourth-order valence-electron chi connectivity index (χ4n) is 3.01. The number of hydrogen-bond acceptors (Lipinski definition) is 4. The van der Waals surface area contributed by atoms with Crippen molar-refractivity contribution in [2.45, 2.75) is 0 Å². The number of hydrogen-bond donors (Lipinski definition) is 1. The van der Waals surface area contributed by atoms with Gasteiger partial charge >= 0.3 is 0 Å². The average molecular weight is 442 g/mol. The maximum Gasteiger partial charge on any atom is 0.257 e. The van der Waals surface area contributed by atoms with E-state index in [2.05, 4.69) is 38.4 Å². The van der Waals surface area contributed by atoms with Crippen LogP contribution in [0.3, 0.4) is 0 Å². The molecule has 2 heterocycles. The standard InChI is InChI=1S/C21H16BrNO3S/c1-25-18-8-13-7-16(21(24)23-17(13)10-19(18)26-2)20-9-14(11-27-20)12-4-3-5-15(22)6-12/h3-11H,1-2H3,(H,23,24). The number of aromatic amines is 1. The Kier molecular flexibility index (Phi) is 4.76. The van der Waals surface area contributed by atoms with E-state index >= 15 is 0 Å². The minimum atomic E-state index is -0.127. The van der Waals surface area contributed by atoms with Crippen LogP contribution in [0.15, 0.2) is 63.2 Å². The Balaban J connectivity index is 1.82. The van der Waals surface area contributed by atoms with Gasteiger partial charge in [0.15, 0.2) is 11.5 Å². The minimum absolute atomic E-state index is 0.127. The van der Waals surface area contributed by atoms with Gasteiger partial charge in [-0.1, -0.05) is 28.1 Å². The van der Waals surface area contributed by atoms with Crippen LogP contribution in [0.25, 0.3) is 32.5 Å². The third kappa shape index (κ3) is 3.38. The minimum Gasteiger partial charge on any atom is -0.493 e. The van der Waals surface area contributed by atoms with E-state index in [9.17, 15) is 4.79 Å². The van der Waals surface area contributed by atoms with Crippen molar-refractivity contribution in [2.75, 3.05) is 14.2 Å². The van der Waals surface area contributed by atoms with Crippen molar-refractivity contribution in [1.82, 2.24) is 4.98 Å². The van der Waals surface area contributed by atoms with Gasteiger partial charge in [0, 0.05) is 20.8 Å². The molecule has 2 aromatic heterocycles. The number of pyridine rings is 1. The number of halogens is 1. The molecular weight excluding hydrogens is 426 g/mol. The lowest BCUT2D eigenvalue weighted by Gasteiger charge is -2.09. The van der Waals surface area contributed by atoms with Crippen LogP contribution in [0.4, 0.5) is 0 Å². The number of aromatic nitrogens is 1. The molecule has 0 aliphatic heterocycles. The zero-order valence-corrected chi connectivity index (χ0v) is 17.1. The molecule has 0 aliphatic carbocycles. The monoisotopic (exact) mass is 441 g/mol. The first-order valence-electron chi connectivity index (χ1n) is 8.23. The molecule has 4 rings (SSSR count). The third-order valence-corrected chi connectivity index (χ3v) is 5.83. The average Bonchev–Trinajstić information content (AvgIpc) is 3.16. The molecule has 0 amide bonds. The molecule has 4 nitrogen and oxygen atoms in total. The highest BCUT2D eigenvalue weighted by Crippen LogP contribution is 2.35. The first kappa shape index (κ1) is 17.8. The molecule has 136 valence electrons. The summed E-state index contributed by atoms with van der Waals surface area (Å²) < 4.78 is 11.7. The van der Waals surface area contributed by atoms with Gasteiger partial charge in [0.25, 0.3) is 5.56 Å². The Morgan fingerprint density at radius 3 is 2.48 bits per heavy atom. The Hall–Kier alpha value is -2.57. The van der Waals surface area contributed by atoms with E-state index in [1.807, 2.05) is 30.3 Å². The zero-order chi connectivity index (χ0) is 19.0. The molecule has 0 aliphatic rings. The van der Waals surface area contributed by atoms with Gasteiger partial charge in [0.05, 0.1) is 25.3 Å². The van der Waals surface area contributed by atoms with Crippen LogP contribution in [-0.2, 0) is 0 Å². The van der Waals surface area contributed by atoms with Crippen LogP contribution >= 0.6 is 27.3 Å². The molecule has 0 radical (unpaired) electrons. The van der Waals surface area contributed by atoms with Gasteiger partial charge in [0.2, 0.25) is 0 Å². The summed E-state index contributed by atoms with van der Waals surface area (Å²) >= 11 is 5.05. The van der Waals surface area contributed by atoms with Crippen molar-refractivity contribution in [3.63, 3.8) is 0 Å². The Morgan fingerprint density at radius 1 is 0.963 bits per heavy atom. The SMILES string of the molecule is COc1cc2cc(-c3cc(-c4cccc(Br)c4)cs3)c(=O)[nH]c2cc1OC. The largest absolute Gasteiger partial charge is 0.493 e. The lowest BCUT2D eigenvalue weighted by atomic mass is 10.1. The molecule has 0 atom stereocenters. The third-order valence-electron chi connectivity index (χ3n) is 4.37. The molecule has 0 fully saturated rings. The van der Waals surface area contributed by atoms with E-state index < -0.39 is 0 Å². The summed E-state index contributed by atoms with van der Waals surface area (Å²) in [6.07, 6.45) is 0. The van der Waals surface area contributed by atoms with Gasteiger partial charge in [0.1, 0.15) is 0 Å². The van der Waals surface area contributed by atoms with E-state index in [4.69, 9.17) is 9.47 Å². The maximum absolute atomic E-state index is 12.7. The summed E-state index contributed by atoms with van der Waals surface area (Å²) in [5.41, 5.74) is 3.42. The van der Waals surface area contributed by atoms with E-state index in [1.54, 1.807) is 31.6 Å². The van der Waals surface area contributed by atoms with Crippen LogP contribution < -0.4 is 15.0 Å². The van der Waals surface area contributed by atoms with Crippen LogP contribution in [0.1, 0.15) is 0 Å². The lowest BCUT2D eigenvalue weighted by Crippen LogP contribution is -2.08. The Morgan fingerprint density at radius 2 is 1.74 bits per heavy atom. The van der Waals surface area contributed by atoms with Crippen LogP contribution in [0.5, 0.6) is 11.5 Å². The molecule has 27 heavy (non-hydrogen) atoms. The number of ether oxygens (including phenoxy) is 2. The fourth-order valence-corrected chi connectivity index (χ4v) is 4.34. The van der Waals surface area contributed by atoms with Gasteiger partial charge in [-0.15, -0.1) is 11.3 Å². The highest BCUT2D eigenvalue weighted by Gasteiger charge is 2.12. The second kappa shape index (κ2) is 7.21. The summed E-state index contributed by atoms with van der Waals surface area (Å²) in [5.74, 6) is 1.21. The van der Waals surface area contributed by atoms with Gasteiger partial charge < -0.3 is 14.5 Å². The van der Waals surface area contributed by atoms with Crippen molar-refractivity contribution < 1.29 is 9.47 Å². The summed E-state index contributed by atoms with van der Waals surface area (Å²) in [5, 5.41) is 2.95. The normalized spacial score (nSPS) is 10.9. The number of thiophene rings is 1. The molecule has 2 aromatic carbocycles. The molecule has 0 unspecified atom stereocenters. The predicted octanol–water partition coefficient (Wildman–Crippen LogP) is 5.70. The van der Waals surface area contributed by atoms with Gasteiger partial charge in [-0.2, -0.15) is 0 Å². The summed E-state index contributed by atoms with van der Waals surface area (Å²) in [7, 11) is 3.17. The molecule has 0 saturated carbocycles. The van der Waals surface area contributed by atoms with E-state index in [1.165, 1.54) is 0 Å². The van der Waals surface area contributed by atoms with Crippen molar-refractivity contribution in [1.29, 1.82) is 0 Å². The van der Waals surface area contributed by atoms with Gasteiger partial charge in [-0.3, -0.25) is 4.79 Å². The number of methoxy groups -OCH3 is 2. The number of nitrogens with one attached hydrogen (secondary N) is 1. The number of fused-ring (bicyclic) bond motifs is 1. The quantitative estimate of drug-likeness (QED) is 0.441. The number of H-pyrrole nitrogens is 1. The molecule has 0 bridgehead atoms. The van der Waals surface area contributed by atoms with E-state index in [-0.39, 0.29) is 5.56 Å².